The molecular formula is C15H19BrN2O. The SMILES string of the molecule is Cc1ccc(C(O)c2c(Br)cnn2C(C)C)cc1C. The Morgan fingerprint density at radius 2 is 1.89 bits per heavy atom. The van der Waals surface area contributed by atoms with Gasteiger partial charge in [0.2, 0.25) is 0 Å². The van der Waals surface area contributed by atoms with E-state index in [1.54, 1.807) is 6.20 Å². The molecule has 4 heteroatoms. The van der Waals surface area contributed by atoms with Crippen LogP contribution in [0.3, 0.4) is 0 Å². The molecular weight excluding hydrogens is 304 g/mol. The number of aryl methyl sites for hydroxylation is 2. The molecule has 1 unspecified atom stereocenters. The van der Waals surface area contributed by atoms with Gasteiger partial charge in [-0.3, -0.25) is 4.68 Å². The zero-order valence-corrected chi connectivity index (χ0v) is 13.3. The van der Waals surface area contributed by atoms with E-state index >= 15 is 0 Å². The number of hydrogen-bond acceptors (Lipinski definition) is 2. The first-order valence-electron chi connectivity index (χ1n) is 6.40. The van der Waals surface area contributed by atoms with Crippen LogP contribution in [-0.2, 0) is 0 Å². The van der Waals surface area contributed by atoms with Crippen LogP contribution in [0, 0.1) is 13.8 Å². The molecule has 3 nitrogen and oxygen atoms in total. The van der Waals surface area contributed by atoms with Gasteiger partial charge in [0.25, 0.3) is 0 Å². The molecule has 102 valence electrons. The lowest BCUT2D eigenvalue weighted by Crippen LogP contribution is -2.12. The first-order valence-corrected chi connectivity index (χ1v) is 7.19. The van der Waals surface area contributed by atoms with Crippen molar-refractivity contribution in [1.29, 1.82) is 0 Å². The maximum atomic E-state index is 10.6. The number of halogens is 1. The van der Waals surface area contributed by atoms with Crippen molar-refractivity contribution in [2.45, 2.75) is 39.8 Å². The lowest BCUT2D eigenvalue weighted by molar-refractivity contribution is 0.204. The number of nitrogens with zero attached hydrogens (tertiary/aromatic N) is 2. The zero-order chi connectivity index (χ0) is 14.2. The van der Waals surface area contributed by atoms with Crippen LogP contribution < -0.4 is 0 Å². The Balaban J connectivity index is 2.46. The Morgan fingerprint density at radius 1 is 1.21 bits per heavy atom. The Morgan fingerprint density at radius 3 is 2.47 bits per heavy atom. The molecule has 1 N–H and O–H groups in total. The van der Waals surface area contributed by atoms with Crippen LogP contribution in [0.25, 0.3) is 0 Å². The van der Waals surface area contributed by atoms with Gasteiger partial charge < -0.3 is 5.11 Å². The monoisotopic (exact) mass is 322 g/mol. The molecule has 0 fully saturated rings. The van der Waals surface area contributed by atoms with Crippen molar-refractivity contribution in [2.24, 2.45) is 0 Å². The van der Waals surface area contributed by atoms with Crippen molar-refractivity contribution >= 4 is 15.9 Å². The number of benzene rings is 1. The minimum Gasteiger partial charge on any atom is -0.382 e. The molecule has 0 amide bonds. The van der Waals surface area contributed by atoms with Crippen molar-refractivity contribution in [2.75, 3.05) is 0 Å². The molecule has 0 aliphatic rings. The summed E-state index contributed by atoms with van der Waals surface area (Å²) in [5.41, 5.74) is 4.11. The third-order valence-corrected chi connectivity index (χ3v) is 3.99. The zero-order valence-electron chi connectivity index (χ0n) is 11.7. The van der Waals surface area contributed by atoms with E-state index in [0.717, 1.165) is 15.7 Å². The maximum Gasteiger partial charge on any atom is 0.122 e. The summed E-state index contributed by atoms with van der Waals surface area (Å²) in [5, 5.41) is 14.9. The molecule has 19 heavy (non-hydrogen) atoms. The molecule has 1 heterocycles. The van der Waals surface area contributed by atoms with Gasteiger partial charge in [-0.05, 0) is 60.3 Å². The summed E-state index contributed by atoms with van der Waals surface area (Å²) in [4.78, 5) is 0. The highest BCUT2D eigenvalue weighted by atomic mass is 79.9. The van der Waals surface area contributed by atoms with Crippen molar-refractivity contribution in [3.63, 3.8) is 0 Å². The number of rotatable bonds is 3. The van der Waals surface area contributed by atoms with Crippen LogP contribution in [0.4, 0.5) is 0 Å². The first-order chi connectivity index (χ1) is 8.91. The fourth-order valence-corrected chi connectivity index (χ4v) is 2.60. The molecule has 1 aromatic carbocycles. The molecule has 0 radical (unpaired) electrons. The second-order valence-corrected chi connectivity index (χ2v) is 6.02. The predicted octanol–water partition coefficient (Wildman–Crippen LogP) is 3.93. The number of hydrogen-bond donors (Lipinski definition) is 1. The van der Waals surface area contributed by atoms with E-state index in [2.05, 4.69) is 48.7 Å². The van der Waals surface area contributed by atoms with Crippen molar-refractivity contribution in [3.05, 3.63) is 51.3 Å². The van der Waals surface area contributed by atoms with E-state index in [9.17, 15) is 5.11 Å². The molecule has 0 aliphatic carbocycles. The number of aromatic nitrogens is 2. The van der Waals surface area contributed by atoms with Crippen molar-refractivity contribution in [3.8, 4) is 0 Å². The van der Waals surface area contributed by atoms with Crippen LogP contribution in [0.1, 0.15) is 48.4 Å². The fourth-order valence-electron chi connectivity index (χ4n) is 2.11. The fraction of sp³-hybridized carbons (Fsp3) is 0.400. The number of aliphatic hydroxyl groups is 1. The van der Waals surface area contributed by atoms with Crippen LogP contribution >= 0.6 is 15.9 Å². The Kier molecular flexibility index (Phi) is 4.11. The topological polar surface area (TPSA) is 38.1 Å². The lowest BCUT2D eigenvalue weighted by atomic mass is 10.0. The molecule has 1 atom stereocenters. The summed E-state index contributed by atoms with van der Waals surface area (Å²) < 4.78 is 2.69. The van der Waals surface area contributed by atoms with Gasteiger partial charge in [-0.15, -0.1) is 0 Å². The van der Waals surface area contributed by atoms with E-state index in [-0.39, 0.29) is 6.04 Å². The van der Waals surface area contributed by atoms with Gasteiger partial charge in [-0.1, -0.05) is 18.2 Å². The largest absolute Gasteiger partial charge is 0.382 e. The minimum absolute atomic E-state index is 0.211. The molecule has 2 rings (SSSR count). The van der Waals surface area contributed by atoms with E-state index in [4.69, 9.17) is 0 Å². The molecule has 0 saturated heterocycles. The highest BCUT2D eigenvalue weighted by molar-refractivity contribution is 9.10. The molecule has 0 saturated carbocycles. The summed E-state index contributed by atoms with van der Waals surface area (Å²) in [6.45, 7) is 8.23. The first kappa shape index (κ1) is 14.3. The summed E-state index contributed by atoms with van der Waals surface area (Å²) in [5.74, 6) is 0. The minimum atomic E-state index is -0.668. The summed E-state index contributed by atoms with van der Waals surface area (Å²) in [7, 11) is 0. The average Bonchev–Trinajstić information content (AvgIpc) is 2.74. The highest BCUT2D eigenvalue weighted by Crippen LogP contribution is 2.31. The Labute approximate surface area is 122 Å². The van der Waals surface area contributed by atoms with E-state index in [0.29, 0.717) is 0 Å². The average molecular weight is 323 g/mol. The van der Waals surface area contributed by atoms with Gasteiger partial charge in [-0.2, -0.15) is 5.10 Å². The third kappa shape index (κ3) is 2.74. The van der Waals surface area contributed by atoms with E-state index in [1.165, 1.54) is 11.1 Å². The molecule has 0 bridgehead atoms. The summed E-state index contributed by atoms with van der Waals surface area (Å²) >= 11 is 3.47. The highest BCUT2D eigenvalue weighted by Gasteiger charge is 2.21. The second-order valence-electron chi connectivity index (χ2n) is 5.16. The van der Waals surface area contributed by atoms with E-state index in [1.807, 2.05) is 22.9 Å². The van der Waals surface area contributed by atoms with Gasteiger partial charge in [0.05, 0.1) is 16.4 Å². The van der Waals surface area contributed by atoms with Crippen LogP contribution in [0.2, 0.25) is 0 Å². The second kappa shape index (κ2) is 5.47. The Bertz CT molecular complexity index is 590. The third-order valence-electron chi connectivity index (χ3n) is 3.38. The summed E-state index contributed by atoms with van der Waals surface area (Å²) in [6.07, 6.45) is 1.07. The number of aliphatic hydroxyl groups excluding tert-OH is 1. The molecule has 1 aromatic heterocycles. The van der Waals surface area contributed by atoms with Crippen molar-refractivity contribution in [1.82, 2.24) is 9.78 Å². The standard InChI is InChI=1S/C15H19BrN2O/c1-9(2)18-14(13(16)8-17-18)15(19)12-6-5-10(3)11(4)7-12/h5-9,15,19H,1-4H3. The lowest BCUT2D eigenvalue weighted by Gasteiger charge is -2.17. The van der Waals surface area contributed by atoms with Gasteiger partial charge in [-0.25, -0.2) is 0 Å². The van der Waals surface area contributed by atoms with Gasteiger partial charge in [0.15, 0.2) is 0 Å². The van der Waals surface area contributed by atoms with Gasteiger partial charge >= 0.3 is 0 Å². The van der Waals surface area contributed by atoms with E-state index < -0.39 is 6.10 Å². The predicted molar refractivity (Wildman–Crippen MR) is 80.3 cm³/mol. The Hall–Kier alpha value is -1.13. The van der Waals surface area contributed by atoms with Crippen molar-refractivity contribution < 1.29 is 5.11 Å². The van der Waals surface area contributed by atoms with Crippen LogP contribution in [0.5, 0.6) is 0 Å². The normalized spacial score (nSPS) is 13.0. The smallest absolute Gasteiger partial charge is 0.122 e. The van der Waals surface area contributed by atoms with Crippen LogP contribution in [-0.4, -0.2) is 14.9 Å². The summed E-state index contributed by atoms with van der Waals surface area (Å²) in [6, 6.07) is 6.25. The molecule has 0 aliphatic heterocycles. The van der Waals surface area contributed by atoms with Gasteiger partial charge in [0.1, 0.15) is 6.10 Å². The van der Waals surface area contributed by atoms with Gasteiger partial charge in [0, 0.05) is 6.04 Å². The molecule has 2 aromatic rings. The quantitative estimate of drug-likeness (QED) is 0.929. The van der Waals surface area contributed by atoms with Crippen LogP contribution in [0.15, 0.2) is 28.9 Å². The maximum absolute atomic E-state index is 10.6. The molecule has 0 spiro atoms.